The van der Waals surface area contributed by atoms with Crippen molar-refractivity contribution in [1.29, 1.82) is 0 Å². The van der Waals surface area contributed by atoms with E-state index in [1.54, 1.807) is 0 Å². The number of thioether (sulfide) groups is 1. The van der Waals surface area contributed by atoms with E-state index in [1.165, 1.54) is 18.0 Å². The van der Waals surface area contributed by atoms with Crippen LogP contribution in [0.1, 0.15) is 104 Å². The minimum atomic E-state index is -1.63. The number of rotatable bonds is 24. The Morgan fingerprint density at radius 2 is 1.53 bits per heavy atom. The molecule has 49 heavy (non-hydrogen) atoms. The Hall–Kier alpha value is -2.83. The van der Waals surface area contributed by atoms with Crippen molar-refractivity contribution < 1.29 is 53.8 Å². The maximum Gasteiger partial charge on any atom is 0.306 e. The smallest absolute Gasteiger partial charge is 0.306 e. The topological polar surface area (TPSA) is 232 Å². The molecular weight excluding hydrogens is 662 g/mol. The highest BCUT2D eigenvalue weighted by Crippen LogP contribution is 2.28. The van der Waals surface area contributed by atoms with E-state index in [0.717, 1.165) is 43.2 Å². The molecule has 1 saturated heterocycles. The molecule has 2 rings (SSSR count). The van der Waals surface area contributed by atoms with Crippen LogP contribution in [0.3, 0.4) is 0 Å². The lowest BCUT2D eigenvalue weighted by atomic mass is 9.98. The minimum Gasteiger partial charge on any atom is -0.462 e. The van der Waals surface area contributed by atoms with Crippen molar-refractivity contribution in [2.24, 2.45) is 0 Å². The quantitative estimate of drug-likeness (QED) is 0.0659. The van der Waals surface area contributed by atoms with E-state index in [2.05, 4.69) is 20.9 Å². The van der Waals surface area contributed by atoms with Gasteiger partial charge in [-0.25, -0.2) is 4.68 Å². The van der Waals surface area contributed by atoms with Gasteiger partial charge in [-0.3, -0.25) is 19.2 Å². The SMILES string of the molecule is CCCCCC(=O)N[C@H](CSC[C@@H](COC(=O)CCCCC)OC(=O)CCCCC)C(=O)Nc1cn([C@H]2OC(CO)C(O)C(O)C2O)nn1. The first-order valence-corrected chi connectivity index (χ1v) is 18.4. The number of unbranched alkanes of at least 4 members (excludes halogenated alkanes) is 6. The second-order valence-corrected chi connectivity index (χ2v) is 13.2. The third-order valence-electron chi connectivity index (χ3n) is 7.83. The summed E-state index contributed by atoms with van der Waals surface area (Å²) in [5.74, 6) is -1.48. The number of aliphatic hydroxyl groups is 4. The average Bonchev–Trinajstić information content (AvgIpc) is 3.54. The summed E-state index contributed by atoms with van der Waals surface area (Å²) in [7, 11) is 0. The van der Waals surface area contributed by atoms with E-state index < -0.39 is 61.3 Å². The third-order valence-corrected chi connectivity index (χ3v) is 9.01. The van der Waals surface area contributed by atoms with Crippen LogP contribution in [-0.4, -0.2) is 120 Å². The number of nitrogens with zero attached hydrogens (tertiary/aromatic N) is 3. The van der Waals surface area contributed by atoms with Crippen molar-refractivity contribution in [1.82, 2.24) is 20.3 Å². The number of esters is 2. The molecule has 7 atom stereocenters. The van der Waals surface area contributed by atoms with Crippen LogP contribution in [0.5, 0.6) is 0 Å². The third kappa shape index (κ3) is 15.3. The van der Waals surface area contributed by atoms with Gasteiger partial charge in [0.25, 0.3) is 0 Å². The van der Waals surface area contributed by atoms with Crippen molar-refractivity contribution in [3.63, 3.8) is 0 Å². The number of carbonyl (C=O) groups excluding carboxylic acids is 4. The summed E-state index contributed by atoms with van der Waals surface area (Å²) in [6.07, 6.45) is 1.42. The molecule has 1 aliphatic heterocycles. The fraction of sp³-hybridized carbons (Fsp3) is 0.812. The molecule has 17 heteroatoms. The van der Waals surface area contributed by atoms with Crippen molar-refractivity contribution in [2.45, 2.75) is 141 Å². The summed E-state index contributed by atoms with van der Waals surface area (Å²) >= 11 is 1.24. The molecule has 16 nitrogen and oxygen atoms in total. The number of anilines is 1. The number of ether oxygens (including phenoxy) is 3. The Balaban J connectivity index is 2.10. The molecule has 2 amide bonds. The molecule has 6 N–H and O–H groups in total. The van der Waals surface area contributed by atoms with Gasteiger partial charge in [-0.05, 0) is 19.3 Å². The molecule has 0 aromatic carbocycles. The lowest BCUT2D eigenvalue weighted by Crippen LogP contribution is -2.56. The molecule has 280 valence electrons. The number of nitrogens with one attached hydrogen (secondary N) is 2. The maximum absolute atomic E-state index is 13.4. The van der Waals surface area contributed by atoms with E-state index in [0.29, 0.717) is 19.3 Å². The van der Waals surface area contributed by atoms with E-state index in [9.17, 15) is 39.6 Å². The maximum atomic E-state index is 13.4. The molecule has 0 aliphatic carbocycles. The fourth-order valence-corrected chi connectivity index (χ4v) is 5.97. The Labute approximate surface area is 292 Å². The molecule has 4 unspecified atom stereocenters. The lowest BCUT2D eigenvalue weighted by molar-refractivity contribution is -0.254. The summed E-state index contributed by atoms with van der Waals surface area (Å²) in [4.78, 5) is 50.9. The van der Waals surface area contributed by atoms with Crippen LogP contribution in [0.15, 0.2) is 6.20 Å². The molecule has 1 fully saturated rings. The van der Waals surface area contributed by atoms with Crippen LogP contribution in [0.25, 0.3) is 0 Å². The number of hydrogen-bond donors (Lipinski definition) is 6. The zero-order valence-electron chi connectivity index (χ0n) is 28.8. The largest absolute Gasteiger partial charge is 0.462 e. The monoisotopic (exact) mass is 717 g/mol. The molecule has 2 heterocycles. The van der Waals surface area contributed by atoms with Crippen molar-refractivity contribution in [3.05, 3.63) is 6.20 Å². The predicted molar refractivity (Wildman–Crippen MR) is 180 cm³/mol. The van der Waals surface area contributed by atoms with Gasteiger partial charge in [0.05, 0.1) is 12.8 Å². The summed E-state index contributed by atoms with van der Waals surface area (Å²) in [5.41, 5.74) is 0. The van der Waals surface area contributed by atoms with Gasteiger partial charge in [-0.2, -0.15) is 11.8 Å². The van der Waals surface area contributed by atoms with Gasteiger partial charge in [0.1, 0.15) is 43.2 Å². The standard InChI is InChI=1S/C32H55N5O11S/c1-4-7-10-13-25(39)33-22(20-49-19-21(47-27(41)15-12-9-6-3)18-46-26(40)14-11-8-5-2)31(45)34-24-16-37(36-35-24)32-30(44)29(43)28(42)23(17-38)48-32/h16,21-23,28-30,32,38,42-44H,4-15,17-20H2,1-3H3,(H,33,39)(H,34,45)/t21-,22-,23?,28?,29?,30?,32+/m1/s1. The van der Waals surface area contributed by atoms with Gasteiger partial charge in [0.2, 0.25) is 11.8 Å². The molecule has 0 saturated carbocycles. The molecule has 0 spiro atoms. The number of hydrogen-bond acceptors (Lipinski definition) is 14. The second-order valence-electron chi connectivity index (χ2n) is 12.1. The highest BCUT2D eigenvalue weighted by molar-refractivity contribution is 7.99. The van der Waals surface area contributed by atoms with Crippen LogP contribution >= 0.6 is 11.8 Å². The van der Waals surface area contributed by atoms with Crippen LogP contribution in [-0.2, 0) is 33.4 Å². The average molecular weight is 718 g/mol. The van der Waals surface area contributed by atoms with Gasteiger partial charge >= 0.3 is 11.9 Å². The van der Waals surface area contributed by atoms with Gasteiger partial charge < -0.3 is 45.3 Å². The molecule has 1 aromatic rings. The number of amides is 2. The Bertz CT molecular complexity index is 1140. The summed E-state index contributed by atoms with van der Waals surface area (Å²) < 4.78 is 17.5. The van der Waals surface area contributed by atoms with Gasteiger partial charge in [0, 0.05) is 30.8 Å². The number of carbonyl (C=O) groups is 4. The molecule has 1 aliphatic rings. The molecular formula is C32H55N5O11S. The number of aliphatic hydroxyl groups excluding tert-OH is 4. The summed E-state index contributed by atoms with van der Waals surface area (Å²) in [5, 5.41) is 53.1. The number of aromatic nitrogens is 3. The first-order valence-electron chi connectivity index (χ1n) is 17.3. The Kier molecular flexibility index (Phi) is 20.3. The second kappa shape index (κ2) is 23.6. The van der Waals surface area contributed by atoms with Crippen molar-refractivity contribution in [3.8, 4) is 0 Å². The Morgan fingerprint density at radius 1 is 0.898 bits per heavy atom. The fourth-order valence-electron chi connectivity index (χ4n) is 4.93. The van der Waals surface area contributed by atoms with Gasteiger partial charge in [-0.15, -0.1) is 5.10 Å². The molecule has 0 bridgehead atoms. The first kappa shape index (κ1) is 42.3. The summed E-state index contributed by atoms with van der Waals surface area (Å²) in [6, 6.07) is -1.03. The van der Waals surface area contributed by atoms with Crippen molar-refractivity contribution in [2.75, 3.05) is 30.0 Å². The van der Waals surface area contributed by atoms with E-state index >= 15 is 0 Å². The van der Waals surface area contributed by atoms with E-state index in [1.807, 2.05) is 20.8 Å². The van der Waals surface area contributed by atoms with Crippen molar-refractivity contribution >= 4 is 41.3 Å². The van der Waals surface area contributed by atoms with Gasteiger partial charge in [0.15, 0.2) is 12.0 Å². The van der Waals surface area contributed by atoms with Gasteiger partial charge in [-0.1, -0.05) is 64.5 Å². The van der Waals surface area contributed by atoms with Crippen LogP contribution in [0.2, 0.25) is 0 Å². The Morgan fingerprint density at radius 3 is 2.16 bits per heavy atom. The van der Waals surface area contributed by atoms with Crippen LogP contribution in [0.4, 0.5) is 5.82 Å². The first-order chi connectivity index (χ1) is 23.5. The van der Waals surface area contributed by atoms with E-state index in [4.69, 9.17) is 14.2 Å². The van der Waals surface area contributed by atoms with Crippen LogP contribution < -0.4 is 10.6 Å². The molecule has 1 aromatic heterocycles. The minimum absolute atomic E-state index is 0.0499. The highest BCUT2D eigenvalue weighted by Gasteiger charge is 2.44. The normalized spacial score (nSPS) is 21.8. The summed E-state index contributed by atoms with van der Waals surface area (Å²) in [6.45, 7) is 5.32. The lowest BCUT2D eigenvalue weighted by Gasteiger charge is -2.39. The predicted octanol–water partition coefficient (Wildman–Crippen LogP) is 1.60. The van der Waals surface area contributed by atoms with Crippen LogP contribution in [0, 0.1) is 0 Å². The zero-order chi connectivity index (χ0) is 36.2. The zero-order valence-corrected chi connectivity index (χ0v) is 29.6. The highest BCUT2D eigenvalue weighted by atomic mass is 32.2. The molecule has 0 radical (unpaired) electrons. The van der Waals surface area contributed by atoms with E-state index in [-0.39, 0.29) is 55.1 Å².